The Labute approximate surface area is 166 Å². The molecule has 0 aromatic rings. The van der Waals surface area contributed by atoms with Crippen molar-refractivity contribution >= 4 is 16.6 Å². The van der Waals surface area contributed by atoms with Crippen LogP contribution in [0.2, 0.25) is 36.3 Å². The third-order valence-electron chi connectivity index (χ3n) is 6.85. The zero-order valence-electron chi connectivity index (χ0n) is 20.0. The molecule has 0 amide bonds. The second-order valence-electron chi connectivity index (χ2n) is 11.2. The summed E-state index contributed by atoms with van der Waals surface area (Å²) in [6.45, 7) is 29.9. The van der Waals surface area contributed by atoms with Crippen LogP contribution in [0.4, 0.5) is 0 Å². The van der Waals surface area contributed by atoms with Crippen molar-refractivity contribution in [2.24, 2.45) is 11.8 Å². The van der Waals surface area contributed by atoms with E-state index in [2.05, 4.69) is 81.6 Å². The molecule has 0 aromatic heterocycles. The van der Waals surface area contributed by atoms with Gasteiger partial charge in [-0.3, -0.25) is 0 Å². The molecule has 158 valence electrons. The van der Waals surface area contributed by atoms with Crippen LogP contribution in [0.5, 0.6) is 0 Å². The van der Waals surface area contributed by atoms with Crippen LogP contribution in [-0.2, 0) is 8.85 Å². The molecule has 0 aromatic carbocycles. The van der Waals surface area contributed by atoms with Gasteiger partial charge >= 0.3 is 0 Å². The van der Waals surface area contributed by atoms with E-state index in [1.54, 1.807) is 0 Å². The molecule has 0 saturated heterocycles. The normalized spacial score (nSPS) is 19.2. The van der Waals surface area contributed by atoms with Gasteiger partial charge in [0.2, 0.25) is 0 Å². The van der Waals surface area contributed by atoms with Crippen LogP contribution >= 0.6 is 0 Å². The maximum Gasteiger partial charge on any atom is 0.192 e. The van der Waals surface area contributed by atoms with E-state index in [1.807, 2.05) is 6.92 Å². The molecule has 0 unspecified atom stereocenters. The molecule has 4 atom stereocenters. The molecule has 0 spiro atoms. The quantitative estimate of drug-likeness (QED) is 0.449. The van der Waals surface area contributed by atoms with Crippen LogP contribution in [-0.4, -0.2) is 40.6 Å². The van der Waals surface area contributed by atoms with E-state index in [0.717, 1.165) is 6.42 Å². The zero-order chi connectivity index (χ0) is 21.1. The van der Waals surface area contributed by atoms with Crippen molar-refractivity contribution in [3.05, 3.63) is 0 Å². The number of aliphatic hydroxyl groups is 1. The standard InChI is InChI=1S/C21H48O3Si2/c1-14-18(22)17(3)19(24-26(12,13)21(7,8)9)16(2)15-23-25(10,11)20(4,5)6/h16-19,22H,14-15H2,1-13H3/t16-,17+,18-,19+/m1/s1. The number of hydrogen-bond donors (Lipinski definition) is 1. The van der Waals surface area contributed by atoms with E-state index < -0.39 is 16.6 Å². The summed E-state index contributed by atoms with van der Waals surface area (Å²) in [5.74, 6) is 0.363. The molecule has 1 N–H and O–H groups in total. The summed E-state index contributed by atoms with van der Waals surface area (Å²) < 4.78 is 13.3. The molecule has 0 radical (unpaired) electrons. The van der Waals surface area contributed by atoms with Crippen molar-refractivity contribution in [3.63, 3.8) is 0 Å². The first-order valence-corrected chi connectivity index (χ1v) is 16.2. The summed E-state index contributed by atoms with van der Waals surface area (Å²) >= 11 is 0. The maximum absolute atomic E-state index is 10.5. The van der Waals surface area contributed by atoms with Gasteiger partial charge in [0.1, 0.15) is 0 Å². The van der Waals surface area contributed by atoms with E-state index in [1.165, 1.54) is 0 Å². The Morgan fingerprint density at radius 2 is 1.27 bits per heavy atom. The number of rotatable bonds is 9. The predicted molar refractivity (Wildman–Crippen MR) is 120 cm³/mol. The minimum atomic E-state index is -1.92. The van der Waals surface area contributed by atoms with Crippen molar-refractivity contribution in [2.75, 3.05) is 6.61 Å². The van der Waals surface area contributed by atoms with Crippen LogP contribution in [0.1, 0.15) is 68.7 Å². The first-order valence-electron chi connectivity index (χ1n) is 10.4. The van der Waals surface area contributed by atoms with Crippen molar-refractivity contribution < 1.29 is 14.0 Å². The number of aliphatic hydroxyl groups excluding tert-OH is 1. The third kappa shape index (κ3) is 7.04. The fourth-order valence-corrected chi connectivity index (χ4v) is 5.09. The largest absolute Gasteiger partial charge is 0.416 e. The highest BCUT2D eigenvalue weighted by atomic mass is 28.4. The van der Waals surface area contributed by atoms with E-state index in [4.69, 9.17) is 8.85 Å². The van der Waals surface area contributed by atoms with Crippen molar-refractivity contribution in [1.82, 2.24) is 0 Å². The van der Waals surface area contributed by atoms with Gasteiger partial charge in [0, 0.05) is 18.4 Å². The third-order valence-corrected chi connectivity index (χ3v) is 15.8. The summed E-state index contributed by atoms with van der Waals surface area (Å²) in [6, 6.07) is 0. The second-order valence-corrected chi connectivity index (χ2v) is 20.8. The SMILES string of the molecule is CC[C@@H](O)[C@H](C)[C@@H](O[Si](C)(C)C(C)(C)C)[C@H](C)CO[Si](C)(C)C(C)(C)C. The lowest BCUT2D eigenvalue weighted by atomic mass is 9.89. The smallest absolute Gasteiger partial charge is 0.192 e. The van der Waals surface area contributed by atoms with Gasteiger partial charge in [-0.05, 0) is 42.7 Å². The van der Waals surface area contributed by atoms with E-state index >= 15 is 0 Å². The Balaban J connectivity index is 5.41. The lowest BCUT2D eigenvalue weighted by molar-refractivity contribution is -0.0115. The molecule has 0 aliphatic carbocycles. The van der Waals surface area contributed by atoms with Crippen LogP contribution in [0.25, 0.3) is 0 Å². The molecule has 0 rings (SSSR count). The Bertz CT molecular complexity index is 422. The molecular weight excluding hydrogens is 356 g/mol. The van der Waals surface area contributed by atoms with Gasteiger partial charge in [-0.1, -0.05) is 62.3 Å². The molecule has 0 bridgehead atoms. The van der Waals surface area contributed by atoms with E-state index in [-0.39, 0.29) is 34.1 Å². The van der Waals surface area contributed by atoms with Crippen molar-refractivity contribution in [2.45, 2.75) is 117 Å². The summed E-state index contributed by atoms with van der Waals surface area (Å²) in [5, 5.41) is 10.9. The van der Waals surface area contributed by atoms with Crippen LogP contribution < -0.4 is 0 Å². The molecule has 3 nitrogen and oxygen atoms in total. The topological polar surface area (TPSA) is 38.7 Å². The van der Waals surface area contributed by atoms with Gasteiger partial charge in [0.15, 0.2) is 16.6 Å². The zero-order valence-corrected chi connectivity index (χ0v) is 22.0. The van der Waals surface area contributed by atoms with Gasteiger partial charge in [-0.2, -0.15) is 0 Å². The maximum atomic E-state index is 10.5. The Morgan fingerprint density at radius 1 is 0.846 bits per heavy atom. The average Bonchev–Trinajstić information content (AvgIpc) is 2.46. The van der Waals surface area contributed by atoms with Crippen LogP contribution in [0.3, 0.4) is 0 Å². The number of hydrogen-bond acceptors (Lipinski definition) is 3. The fraction of sp³-hybridized carbons (Fsp3) is 1.00. The molecular formula is C21H48O3Si2. The molecule has 0 aliphatic rings. The van der Waals surface area contributed by atoms with Gasteiger partial charge < -0.3 is 14.0 Å². The Morgan fingerprint density at radius 3 is 1.62 bits per heavy atom. The van der Waals surface area contributed by atoms with Crippen molar-refractivity contribution in [3.8, 4) is 0 Å². The van der Waals surface area contributed by atoms with Crippen LogP contribution in [0, 0.1) is 11.8 Å². The van der Waals surface area contributed by atoms with Gasteiger partial charge in [-0.25, -0.2) is 0 Å². The molecule has 0 heterocycles. The molecule has 0 saturated carbocycles. The van der Waals surface area contributed by atoms with E-state index in [9.17, 15) is 5.11 Å². The monoisotopic (exact) mass is 404 g/mol. The summed E-state index contributed by atoms with van der Waals surface area (Å²) in [5.41, 5.74) is 0. The Hall–Kier alpha value is 0.314. The van der Waals surface area contributed by atoms with Crippen LogP contribution in [0.15, 0.2) is 0 Å². The average molecular weight is 405 g/mol. The summed E-state index contributed by atoms with van der Waals surface area (Å²) in [6.07, 6.45) is 0.449. The van der Waals surface area contributed by atoms with Gasteiger partial charge in [-0.15, -0.1) is 0 Å². The minimum absolute atomic E-state index is 0.0237. The molecule has 5 heteroatoms. The predicted octanol–water partition coefficient (Wildman–Crippen LogP) is 6.44. The highest BCUT2D eigenvalue weighted by Gasteiger charge is 2.43. The Kier molecular flexibility index (Phi) is 9.32. The molecule has 0 fully saturated rings. The first kappa shape index (κ1) is 26.3. The second kappa shape index (κ2) is 9.21. The van der Waals surface area contributed by atoms with E-state index in [0.29, 0.717) is 6.61 Å². The highest BCUT2D eigenvalue weighted by molar-refractivity contribution is 6.74. The first-order chi connectivity index (χ1) is 11.4. The minimum Gasteiger partial charge on any atom is -0.416 e. The molecule has 0 aliphatic heterocycles. The lowest BCUT2D eigenvalue weighted by Gasteiger charge is -2.44. The lowest BCUT2D eigenvalue weighted by Crippen LogP contribution is -2.50. The summed E-state index contributed by atoms with van der Waals surface area (Å²) in [7, 11) is -3.70. The van der Waals surface area contributed by atoms with Crippen molar-refractivity contribution in [1.29, 1.82) is 0 Å². The summed E-state index contributed by atoms with van der Waals surface area (Å²) in [4.78, 5) is 0. The van der Waals surface area contributed by atoms with Gasteiger partial charge in [0.25, 0.3) is 0 Å². The molecule has 26 heavy (non-hydrogen) atoms. The fourth-order valence-electron chi connectivity index (χ4n) is 2.50. The highest BCUT2D eigenvalue weighted by Crippen LogP contribution is 2.41. The van der Waals surface area contributed by atoms with Gasteiger partial charge in [0.05, 0.1) is 12.2 Å².